The molecule has 0 aromatic rings. The van der Waals surface area contributed by atoms with E-state index in [0.717, 1.165) is 58.4 Å². The predicted octanol–water partition coefficient (Wildman–Crippen LogP) is 0.693. The number of β-amino-alcohol motifs (C(OH)–C–C–N with tert-alkyl or cyclic N) is 1. The molecule has 2 fully saturated rings. The van der Waals surface area contributed by atoms with Gasteiger partial charge in [-0.3, -0.25) is 14.5 Å². The van der Waals surface area contributed by atoms with Crippen molar-refractivity contribution in [3.63, 3.8) is 0 Å². The molecule has 0 aliphatic carbocycles. The number of hydrogen-bond acceptors (Lipinski definition) is 4. The molecule has 23 heavy (non-hydrogen) atoms. The summed E-state index contributed by atoms with van der Waals surface area (Å²) in [4.78, 5) is 30.3. The quantitative estimate of drug-likeness (QED) is 0.808. The van der Waals surface area contributed by atoms with E-state index in [2.05, 4.69) is 4.90 Å². The second-order valence-corrected chi connectivity index (χ2v) is 6.81. The van der Waals surface area contributed by atoms with Crippen LogP contribution in [0.5, 0.6) is 0 Å². The lowest BCUT2D eigenvalue weighted by atomic mass is 9.98. The maximum atomic E-state index is 12.5. The van der Waals surface area contributed by atoms with Crippen LogP contribution in [0.15, 0.2) is 0 Å². The summed E-state index contributed by atoms with van der Waals surface area (Å²) in [7, 11) is 0. The molecule has 6 heteroatoms. The van der Waals surface area contributed by atoms with Gasteiger partial charge in [0.05, 0.1) is 6.10 Å². The van der Waals surface area contributed by atoms with Crippen LogP contribution in [-0.4, -0.2) is 83.0 Å². The van der Waals surface area contributed by atoms with E-state index in [4.69, 9.17) is 0 Å². The van der Waals surface area contributed by atoms with Crippen molar-refractivity contribution < 1.29 is 14.7 Å². The summed E-state index contributed by atoms with van der Waals surface area (Å²) < 4.78 is 0. The van der Waals surface area contributed by atoms with Gasteiger partial charge in [-0.15, -0.1) is 0 Å². The van der Waals surface area contributed by atoms with E-state index in [0.29, 0.717) is 13.0 Å². The van der Waals surface area contributed by atoms with E-state index in [1.54, 1.807) is 6.92 Å². The molecule has 2 saturated heterocycles. The van der Waals surface area contributed by atoms with Crippen molar-refractivity contribution >= 4 is 11.8 Å². The van der Waals surface area contributed by atoms with Crippen molar-refractivity contribution in [1.82, 2.24) is 14.7 Å². The lowest BCUT2D eigenvalue weighted by molar-refractivity contribution is -0.138. The minimum Gasteiger partial charge on any atom is -0.392 e. The highest BCUT2D eigenvalue weighted by Crippen LogP contribution is 2.21. The topological polar surface area (TPSA) is 64.1 Å². The number of rotatable bonds is 5. The second kappa shape index (κ2) is 8.64. The number of piperidine rings is 1. The molecule has 1 N–H and O–H groups in total. The van der Waals surface area contributed by atoms with Crippen LogP contribution in [0, 0.1) is 0 Å². The van der Waals surface area contributed by atoms with Gasteiger partial charge in [-0.1, -0.05) is 6.92 Å². The van der Waals surface area contributed by atoms with Crippen LogP contribution in [0.1, 0.15) is 46.0 Å². The smallest absolute Gasteiger partial charge is 0.224 e. The lowest BCUT2D eigenvalue weighted by Gasteiger charge is -2.38. The van der Waals surface area contributed by atoms with Crippen molar-refractivity contribution in [1.29, 1.82) is 0 Å². The number of aliphatic hydroxyl groups is 1. The first kappa shape index (κ1) is 18.2. The Morgan fingerprint density at radius 1 is 1.13 bits per heavy atom. The Balaban J connectivity index is 1.79. The number of piperazine rings is 1. The largest absolute Gasteiger partial charge is 0.392 e. The van der Waals surface area contributed by atoms with Gasteiger partial charge < -0.3 is 14.9 Å². The second-order valence-electron chi connectivity index (χ2n) is 6.81. The third-order valence-electron chi connectivity index (χ3n) is 5.11. The Morgan fingerprint density at radius 3 is 2.43 bits per heavy atom. The summed E-state index contributed by atoms with van der Waals surface area (Å²) in [5.74, 6) is 0.250. The zero-order chi connectivity index (χ0) is 16.8. The van der Waals surface area contributed by atoms with Crippen LogP contribution in [0.2, 0.25) is 0 Å². The number of nitrogens with zero attached hydrogens (tertiary/aromatic N) is 3. The molecular weight excluding hydrogens is 294 g/mol. The fraction of sp³-hybridized carbons (Fsp3) is 0.882. The minimum absolute atomic E-state index is 0.0775. The number of carbonyl (C=O) groups excluding carboxylic acids is 2. The van der Waals surface area contributed by atoms with Gasteiger partial charge in [0.1, 0.15) is 0 Å². The number of amides is 2. The number of likely N-dealkylation sites (tertiary alicyclic amines) is 1. The first-order valence-electron chi connectivity index (χ1n) is 8.96. The van der Waals surface area contributed by atoms with Crippen LogP contribution in [0.4, 0.5) is 0 Å². The Labute approximate surface area is 139 Å². The summed E-state index contributed by atoms with van der Waals surface area (Å²) in [6, 6.07) is 0.0775. The Morgan fingerprint density at radius 2 is 1.83 bits per heavy atom. The van der Waals surface area contributed by atoms with E-state index in [9.17, 15) is 14.7 Å². The summed E-state index contributed by atoms with van der Waals surface area (Å²) in [6.45, 7) is 8.16. The molecule has 0 saturated carbocycles. The highest BCUT2D eigenvalue weighted by atomic mass is 16.3. The Bertz CT molecular complexity index is 408. The normalized spacial score (nSPS) is 24.6. The third-order valence-corrected chi connectivity index (χ3v) is 5.11. The molecule has 0 radical (unpaired) electrons. The maximum absolute atomic E-state index is 12.5. The van der Waals surface area contributed by atoms with Crippen LogP contribution < -0.4 is 0 Å². The van der Waals surface area contributed by atoms with Gasteiger partial charge in [-0.2, -0.15) is 0 Å². The van der Waals surface area contributed by atoms with Gasteiger partial charge in [0.2, 0.25) is 11.8 Å². The number of hydrogen-bond donors (Lipinski definition) is 1. The number of aliphatic hydroxyl groups excluding tert-OH is 1. The standard InChI is InChI=1S/C17H31N3O3/c1-3-16(22)13-18-8-10-19(11-9-18)17(23)12-15-6-4-5-7-20(15)14(2)21/h15-16,22H,3-13H2,1-2H3. The van der Waals surface area contributed by atoms with Crippen molar-refractivity contribution in [2.75, 3.05) is 39.3 Å². The van der Waals surface area contributed by atoms with Crippen LogP contribution in [-0.2, 0) is 9.59 Å². The van der Waals surface area contributed by atoms with Gasteiger partial charge >= 0.3 is 0 Å². The van der Waals surface area contributed by atoms with E-state index in [-0.39, 0.29) is 24.0 Å². The van der Waals surface area contributed by atoms with E-state index >= 15 is 0 Å². The van der Waals surface area contributed by atoms with Crippen LogP contribution in [0.3, 0.4) is 0 Å². The molecule has 0 aromatic carbocycles. The summed E-state index contributed by atoms with van der Waals surface area (Å²) >= 11 is 0. The van der Waals surface area contributed by atoms with Gasteiger partial charge in [0.25, 0.3) is 0 Å². The highest BCUT2D eigenvalue weighted by molar-refractivity contribution is 5.79. The zero-order valence-electron chi connectivity index (χ0n) is 14.5. The molecule has 0 spiro atoms. The van der Waals surface area contributed by atoms with E-state index in [1.165, 1.54) is 0 Å². The molecule has 2 atom stereocenters. The monoisotopic (exact) mass is 325 g/mol. The Kier molecular flexibility index (Phi) is 6.84. The number of carbonyl (C=O) groups is 2. The van der Waals surface area contributed by atoms with Crippen molar-refractivity contribution in [2.24, 2.45) is 0 Å². The molecule has 0 aromatic heterocycles. The van der Waals surface area contributed by atoms with Gasteiger partial charge in [0.15, 0.2) is 0 Å². The van der Waals surface area contributed by atoms with Crippen LogP contribution >= 0.6 is 0 Å². The van der Waals surface area contributed by atoms with Gasteiger partial charge in [-0.25, -0.2) is 0 Å². The summed E-state index contributed by atoms with van der Waals surface area (Å²) in [5, 5.41) is 9.72. The fourth-order valence-corrected chi connectivity index (χ4v) is 3.56. The van der Waals surface area contributed by atoms with E-state index < -0.39 is 0 Å². The minimum atomic E-state index is -0.274. The summed E-state index contributed by atoms with van der Waals surface area (Å²) in [6.07, 6.45) is 4.03. The molecule has 132 valence electrons. The molecule has 2 amide bonds. The average molecular weight is 325 g/mol. The Hall–Kier alpha value is -1.14. The zero-order valence-corrected chi connectivity index (χ0v) is 14.5. The molecule has 0 bridgehead atoms. The maximum Gasteiger partial charge on any atom is 0.224 e. The van der Waals surface area contributed by atoms with Gasteiger partial charge in [0, 0.05) is 58.7 Å². The van der Waals surface area contributed by atoms with Gasteiger partial charge in [-0.05, 0) is 25.7 Å². The average Bonchev–Trinajstić information content (AvgIpc) is 2.55. The highest BCUT2D eigenvalue weighted by Gasteiger charge is 2.29. The van der Waals surface area contributed by atoms with Crippen molar-refractivity contribution in [2.45, 2.75) is 58.1 Å². The molecule has 2 aliphatic rings. The van der Waals surface area contributed by atoms with Crippen molar-refractivity contribution in [3.8, 4) is 0 Å². The molecular formula is C17H31N3O3. The summed E-state index contributed by atoms with van der Waals surface area (Å²) in [5.41, 5.74) is 0. The SMILES string of the molecule is CCC(O)CN1CCN(C(=O)CC2CCCCN2C(C)=O)CC1. The fourth-order valence-electron chi connectivity index (χ4n) is 3.56. The van der Waals surface area contributed by atoms with E-state index in [1.807, 2.05) is 16.7 Å². The molecule has 2 unspecified atom stereocenters. The van der Waals surface area contributed by atoms with Crippen molar-refractivity contribution in [3.05, 3.63) is 0 Å². The first-order chi connectivity index (χ1) is 11.0. The molecule has 2 heterocycles. The lowest BCUT2D eigenvalue weighted by Crippen LogP contribution is -2.52. The van der Waals surface area contributed by atoms with Crippen LogP contribution in [0.25, 0.3) is 0 Å². The molecule has 2 aliphatic heterocycles. The first-order valence-corrected chi connectivity index (χ1v) is 8.96. The third kappa shape index (κ3) is 5.18. The molecule has 2 rings (SSSR count). The molecule has 6 nitrogen and oxygen atoms in total. The predicted molar refractivity (Wildman–Crippen MR) is 89.0 cm³/mol.